The number of rotatable bonds is 5. The number of furan rings is 1. The smallest absolute Gasteiger partial charge is 0.371 e. The molecule has 0 radical (unpaired) electrons. The minimum Gasteiger partial charge on any atom is -0.475 e. The Morgan fingerprint density at radius 2 is 2.17 bits per heavy atom. The second kappa shape index (κ2) is 6.55. The Kier molecular flexibility index (Phi) is 4.30. The summed E-state index contributed by atoms with van der Waals surface area (Å²) in [5.41, 5.74) is 9.71. The van der Waals surface area contributed by atoms with Crippen LogP contribution in [0.15, 0.2) is 52.1 Å². The number of thiocarbonyl (C=S) groups is 1. The summed E-state index contributed by atoms with van der Waals surface area (Å²) in [4.78, 5) is 10.9. The summed E-state index contributed by atoms with van der Waals surface area (Å²) < 4.78 is 7.28. The fourth-order valence-electron chi connectivity index (χ4n) is 2.42. The Morgan fingerprint density at radius 1 is 1.38 bits per heavy atom. The van der Waals surface area contributed by atoms with E-state index in [1.54, 1.807) is 12.3 Å². The number of hydrogen-bond donors (Lipinski definition) is 3. The fraction of sp³-hybridized carbons (Fsp3) is 0.0625. The zero-order valence-electron chi connectivity index (χ0n) is 12.5. The number of aromatic nitrogens is 1. The molecule has 24 heavy (non-hydrogen) atoms. The number of fused-ring (bicyclic) bond motifs is 1. The van der Waals surface area contributed by atoms with Crippen LogP contribution in [0.4, 0.5) is 0 Å². The van der Waals surface area contributed by atoms with E-state index in [9.17, 15) is 4.79 Å². The Bertz CT molecular complexity index is 942. The Morgan fingerprint density at radius 3 is 2.88 bits per heavy atom. The molecule has 0 aliphatic heterocycles. The van der Waals surface area contributed by atoms with Crippen LogP contribution < -0.4 is 11.2 Å². The van der Waals surface area contributed by atoms with Crippen molar-refractivity contribution < 1.29 is 14.3 Å². The maximum absolute atomic E-state index is 10.9. The van der Waals surface area contributed by atoms with Gasteiger partial charge in [0.15, 0.2) is 5.11 Å². The quantitative estimate of drug-likeness (QED) is 0.373. The minimum absolute atomic E-state index is 0.0797. The molecular weight excluding hydrogens is 328 g/mol. The molecule has 1 aromatic carbocycles. The van der Waals surface area contributed by atoms with Crippen molar-refractivity contribution in [2.24, 2.45) is 10.8 Å². The predicted molar refractivity (Wildman–Crippen MR) is 94.2 cm³/mol. The van der Waals surface area contributed by atoms with E-state index in [0.717, 1.165) is 16.5 Å². The second-order valence-electron chi connectivity index (χ2n) is 5.03. The standard InChI is InChI=1S/C16H14N4O3S/c17-16(24)19-18-7-10-8-20(13-4-2-1-3-12(10)13)9-11-5-6-14(23-11)15(21)22/h1-8H,9H2,(H,21,22)(H3,17,19,24)/b18-7-. The lowest BCUT2D eigenvalue weighted by atomic mass is 10.2. The van der Waals surface area contributed by atoms with Crippen LogP contribution >= 0.6 is 12.2 Å². The van der Waals surface area contributed by atoms with Gasteiger partial charge in [-0.15, -0.1) is 0 Å². The third kappa shape index (κ3) is 3.28. The molecule has 0 fully saturated rings. The molecule has 0 saturated heterocycles. The number of nitrogens with zero attached hydrogens (tertiary/aromatic N) is 2. The van der Waals surface area contributed by atoms with Crippen molar-refractivity contribution in [2.75, 3.05) is 0 Å². The molecule has 0 saturated carbocycles. The first-order valence-corrected chi connectivity index (χ1v) is 7.44. The van der Waals surface area contributed by atoms with Crippen molar-refractivity contribution in [3.63, 3.8) is 0 Å². The van der Waals surface area contributed by atoms with Crippen LogP contribution in [0.2, 0.25) is 0 Å². The zero-order chi connectivity index (χ0) is 17.1. The number of nitrogens with one attached hydrogen (secondary N) is 1. The van der Waals surface area contributed by atoms with Gasteiger partial charge in [0.25, 0.3) is 0 Å². The van der Waals surface area contributed by atoms with Crippen molar-refractivity contribution in [1.29, 1.82) is 0 Å². The van der Waals surface area contributed by atoms with E-state index < -0.39 is 5.97 Å². The summed E-state index contributed by atoms with van der Waals surface area (Å²) in [6.45, 7) is 0.407. The lowest BCUT2D eigenvalue weighted by Crippen LogP contribution is -2.23. The molecule has 8 heteroatoms. The number of hydrogen-bond acceptors (Lipinski definition) is 4. The number of para-hydroxylation sites is 1. The molecule has 4 N–H and O–H groups in total. The first-order valence-electron chi connectivity index (χ1n) is 7.03. The summed E-state index contributed by atoms with van der Waals surface area (Å²) >= 11 is 4.71. The molecule has 3 aromatic rings. The van der Waals surface area contributed by atoms with Gasteiger partial charge in [0.2, 0.25) is 5.76 Å². The van der Waals surface area contributed by atoms with Crippen molar-refractivity contribution in [3.8, 4) is 0 Å². The van der Waals surface area contributed by atoms with Crippen molar-refractivity contribution in [1.82, 2.24) is 9.99 Å². The van der Waals surface area contributed by atoms with Crippen molar-refractivity contribution >= 4 is 40.4 Å². The molecule has 0 amide bonds. The first kappa shape index (κ1) is 15.8. The van der Waals surface area contributed by atoms with Gasteiger partial charge in [0.05, 0.1) is 12.8 Å². The zero-order valence-corrected chi connectivity index (χ0v) is 13.3. The largest absolute Gasteiger partial charge is 0.475 e. The summed E-state index contributed by atoms with van der Waals surface area (Å²) in [5, 5.41) is 14.0. The number of carboxylic acid groups (broad SMARTS) is 1. The van der Waals surface area contributed by atoms with Gasteiger partial charge in [-0.3, -0.25) is 5.43 Å². The highest BCUT2D eigenvalue weighted by Crippen LogP contribution is 2.21. The SMILES string of the molecule is NC(=S)N/N=C\c1cn(Cc2ccc(C(=O)O)o2)c2ccccc12. The third-order valence-corrected chi connectivity index (χ3v) is 3.49. The molecular formula is C16H14N4O3S. The maximum Gasteiger partial charge on any atom is 0.371 e. The minimum atomic E-state index is -1.09. The highest BCUT2D eigenvalue weighted by molar-refractivity contribution is 7.80. The highest BCUT2D eigenvalue weighted by atomic mass is 32.1. The molecule has 0 bridgehead atoms. The lowest BCUT2D eigenvalue weighted by Gasteiger charge is -2.02. The number of aromatic carboxylic acids is 1. The van der Waals surface area contributed by atoms with Gasteiger partial charge in [0.1, 0.15) is 5.76 Å². The number of hydrazone groups is 1. The van der Waals surface area contributed by atoms with E-state index in [1.807, 2.05) is 35.0 Å². The molecule has 0 aliphatic carbocycles. The van der Waals surface area contributed by atoms with Gasteiger partial charge in [-0.05, 0) is 30.4 Å². The highest BCUT2D eigenvalue weighted by Gasteiger charge is 2.12. The average Bonchev–Trinajstić information content (AvgIpc) is 3.14. The van der Waals surface area contributed by atoms with Crippen LogP contribution in [-0.4, -0.2) is 27.0 Å². The molecule has 0 unspecified atom stereocenters. The maximum atomic E-state index is 10.9. The first-order chi connectivity index (χ1) is 11.5. The second-order valence-corrected chi connectivity index (χ2v) is 5.47. The number of nitrogens with two attached hydrogens (primary N) is 1. The normalized spacial score (nSPS) is 11.2. The average molecular weight is 342 g/mol. The van der Waals surface area contributed by atoms with Crippen LogP contribution in [0.3, 0.4) is 0 Å². The number of carboxylic acids is 1. The molecule has 0 aliphatic rings. The third-order valence-electron chi connectivity index (χ3n) is 3.40. The summed E-state index contributed by atoms with van der Waals surface area (Å²) in [6.07, 6.45) is 3.53. The lowest BCUT2D eigenvalue weighted by molar-refractivity contribution is 0.0660. The molecule has 2 aromatic heterocycles. The van der Waals surface area contributed by atoms with E-state index >= 15 is 0 Å². The van der Waals surface area contributed by atoms with E-state index in [4.69, 9.17) is 27.5 Å². The van der Waals surface area contributed by atoms with Gasteiger partial charge >= 0.3 is 5.97 Å². The van der Waals surface area contributed by atoms with Gasteiger partial charge in [-0.2, -0.15) is 5.10 Å². The summed E-state index contributed by atoms with van der Waals surface area (Å²) in [6, 6.07) is 10.9. The topological polar surface area (TPSA) is 106 Å². The van der Waals surface area contributed by atoms with Crippen LogP contribution in [-0.2, 0) is 6.54 Å². The van der Waals surface area contributed by atoms with Gasteiger partial charge in [-0.25, -0.2) is 4.79 Å². The van der Waals surface area contributed by atoms with E-state index in [-0.39, 0.29) is 10.9 Å². The van der Waals surface area contributed by atoms with Crippen LogP contribution in [0.5, 0.6) is 0 Å². The van der Waals surface area contributed by atoms with Crippen molar-refractivity contribution in [2.45, 2.75) is 6.54 Å². The molecule has 0 spiro atoms. The van der Waals surface area contributed by atoms with Gasteiger partial charge in [0, 0.05) is 22.7 Å². The van der Waals surface area contributed by atoms with E-state index in [2.05, 4.69) is 10.5 Å². The predicted octanol–water partition coefficient (Wildman–Crippen LogP) is 2.15. The molecule has 3 rings (SSSR count). The number of benzene rings is 1. The van der Waals surface area contributed by atoms with Gasteiger partial charge in [-0.1, -0.05) is 18.2 Å². The van der Waals surface area contributed by atoms with Gasteiger partial charge < -0.3 is 19.8 Å². The Hall–Kier alpha value is -3.13. The number of carbonyl (C=O) groups is 1. The monoisotopic (exact) mass is 342 g/mol. The van der Waals surface area contributed by atoms with Crippen LogP contribution in [0.25, 0.3) is 10.9 Å². The summed E-state index contributed by atoms with van der Waals surface area (Å²) in [5.74, 6) is -0.614. The Balaban J connectivity index is 1.94. The molecule has 0 atom stereocenters. The van der Waals surface area contributed by atoms with E-state index in [0.29, 0.717) is 12.3 Å². The van der Waals surface area contributed by atoms with E-state index in [1.165, 1.54) is 6.07 Å². The molecule has 7 nitrogen and oxygen atoms in total. The van der Waals surface area contributed by atoms with Crippen LogP contribution in [0, 0.1) is 0 Å². The Labute approximate surface area is 142 Å². The van der Waals surface area contributed by atoms with Crippen LogP contribution in [0.1, 0.15) is 21.9 Å². The van der Waals surface area contributed by atoms with Crippen molar-refractivity contribution in [3.05, 3.63) is 59.7 Å². The molecule has 2 heterocycles. The summed E-state index contributed by atoms with van der Waals surface area (Å²) in [7, 11) is 0. The molecule has 122 valence electrons. The fourth-order valence-corrected chi connectivity index (χ4v) is 2.47.